The lowest BCUT2D eigenvalue weighted by Gasteiger charge is -2.48. The Morgan fingerprint density at radius 2 is 2.05 bits per heavy atom. The van der Waals surface area contributed by atoms with Crippen LogP contribution in [0, 0.1) is 17.2 Å². The Morgan fingerprint density at radius 3 is 2.76 bits per heavy atom. The average molecular weight is 531 g/mol. The third-order valence-electron chi connectivity index (χ3n) is 6.68. The number of carboxylic acids is 1. The molecule has 4 aromatic rings. The zero-order valence-corrected chi connectivity index (χ0v) is 22.7. The van der Waals surface area contributed by atoms with Gasteiger partial charge in [-0.25, -0.2) is 24.4 Å². The molecule has 2 unspecified atom stereocenters. The van der Waals surface area contributed by atoms with E-state index >= 15 is 0 Å². The fraction of sp³-hybridized carbons (Fsp3) is 0.385. The number of hydrogen-bond donors (Lipinski definition) is 1. The van der Waals surface area contributed by atoms with E-state index in [1.54, 1.807) is 24.7 Å². The quantitative estimate of drug-likeness (QED) is 0.236. The zero-order chi connectivity index (χ0) is 26.9. The predicted octanol–water partition coefficient (Wildman–Crippen LogP) is 4.25. The molecule has 1 N–H and O–H groups in total. The number of hydrogen-bond acceptors (Lipinski definition) is 8. The maximum Gasteiger partial charge on any atom is 0.354 e. The van der Waals surface area contributed by atoms with Crippen molar-refractivity contribution in [2.75, 3.05) is 18.1 Å². The van der Waals surface area contributed by atoms with Crippen LogP contribution in [-0.2, 0) is 11.5 Å². The molecule has 12 heteroatoms. The van der Waals surface area contributed by atoms with E-state index in [9.17, 15) is 10.1 Å². The molecule has 0 spiro atoms. The van der Waals surface area contributed by atoms with E-state index in [0.29, 0.717) is 25.5 Å². The van der Waals surface area contributed by atoms with Gasteiger partial charge in [-0.15, -0.1) is 0 Å². The first-order valence-corrected chi connectivity index (χ1v) is 16.2. The number of nitrogens with zero attached hydrogens (tertiary/aromatic N) is 8. The summed E-state index contributed by atoms with van der Waals surface area (Å²) in [6.45, 7) is 8.81. The number of rotatable bonds is 10. The zero-order valence-electron chi connectivity index (χ0n) is 21.7. The van der Waals surface area contributed by atoms with Gasteiger partial charge in [0.2, 0.25) is 0 Å². The average Bonchev–Trinajstić information content (AvgIpc) is 3.50. The number of anilines is 1. The van der Waals surface area contributed by atoms with Gasteiger partial charge in [-0.2, -0.15) is 10.4 Å². The lowest BCUT2D eigenvalue weighted by Crippen LogP contribution is -2.52. The molecule has 2 atom stereocenters. The summed E-state index contributed by atoms with van der Waals surface area (Å²) in [5.41, 5.74) is 2.32. The number of nitriles is 1. The minimum absolute atomic E-state index is 0.0143. The third-order valence-corrected chi connectivity index (χ3v) is 8.39. The molecule has 1 saturated heterocycles. The standard InChI is InChI=1S/C26H30N8O3Si/c1-38(2,3)11-10-37-17-32-9-7-18-12-29-23(31-24(18)32)20-13-30-34(16-20)25-19(6-8-27)15-33(25)21-4-5-22(26(35)36)28-14-21/h4-5,7,9,12-14,16,19,25H,6,10-11,15,17H2,1-3H3,(H,35,36). The van der Waals surface area contributed by atoms with Crippen molar-refractivity contribution in [2.45, 2.75) is 45.0 Å². The highest BCUT2D eigenvalue weighted by atomic mass is 28.3. The first-order chi connectivity index (χ1) is 18.2. The van der Waals surface area contributed by atoms with Gasteiger partial charge in [0.05, 0.1) is 29.7 Å². The van der Waals surface area contributed by atoms with Crippen molar-refractivity contribution in [3.8, 4) is 17.5 Å². The summed E-state index contributed by atoms with van der Waals surface area (Å²) in [7, 11) is -1.15. The topological polar surface area (TPSA) is 135 Å². The minimum atomic E-state index is -1.15. The van der Waals surface area contributed by atoms with Crippen LogP contribution in [0.3, 0.4) is 0 Å². The van der Waals surface area contributed by atoms with Crippen LogP contribution in [0.2, 0.25) is 25.7 Å². The van der Waals surface area contributed by atoms with E-state index in [0.717, 1.165) is 34.9 Å². The Labute approximate surface area is 221 Å². The first kappa shape index (κ1) is 25.6. The lowest BCUT2D eigenvalue weighted by molar-refractivity contribution is 0.0690. The fourth-order valence-corrected chi connectivity index (χ4v) is 5.27. The van der Waals surface area contributed by atoms with Gasteiger partial charge >= 0.3 is 5.97 Å². The molecule has 0 aromatic carbocycles. The van der Waals surface area contributed by atoms with Crippen LogP contribution in [0.15, 0.2) is 49.2 Å². The van der Waals surface area contributed by atoms with Gasteiger partial charge in [0.25, 0.3) is 0 Å². The largest absolute Gasteiger partial charge is 0.477 e. The molecule has 5 heterocycles. The number of aromatic nitrogens is 6. The molecular weight excluding hydrogens is 500 g/mol. The van der Waals surface area contributed by atoms with Gasteiger partial charge in [-0.1, -0.05) is 19.6 Å². The van der Waals surface area contributed by atoms with Crippen LogP contribution >= 0.6 is 0 Å². The van der Waals surface area contributed by atoms with E-state index in [1.165, 1.54) is 6.07 Å². The Kier molecular flexibility index (Phi) is 6.96. The lowest BCUT2D eigenvalue weighted by atomic mass is 9.91. The molecule has 0 bridgehead atoms. The molecule has 5 rings (SSSR count). The van der Waals surface area contributed by atoms with Crippen LogP contribution < -0.4 is 4.90 Å². The van der Waals surface area contributed by atoms with E-state index in [1.807, 2.05) is 27.7 Å². The smallest absolute Gasteiger partial charge is 0.354 e. The number of pyridine rings is 1. The minimum Gasteiger partial charge on any atom is -0.477 e. The summed E-state index contributed by atoms with van der Waals surface area (Å²) in [5.74, 6) is -0.446. The monoisotopic (exact) mass is 530 g/mol. The molecule has 11 nitrogen and oxygen atoms in total. The summed E-state index contributed by atoms with van der Waals surface area (Å²) in [4.78, 5) is 26.6. The van der Waals surface area contributed by atoms with Crippen molar-refractivity contribution in [3.05, 3.63) is 54.9 Å². The molecule has 196 valence electrons. The molecule has 1 aliphatic rings. The summed E-state index contributed by atoms with van der Waals surface area (Å²) < 4.78 is 9.73. The summed E-state index contributed by atoms with van der Waals surface area (Å²) in [6, 6.07) is 8.55. The van der Waals surface area contributed by atoms with E-state index in [-0.39, 0.29) is 17.8 Å². The van der Waals surface area contributed by atoms with Gasteiger partial charge in [0, 0.05) is 57.5 Å². The molecule has 0 radical (unpaired) electrons. The molecule has 4 aromatic heterocycles. The number of carboxylic acid groups (broad SMARTS) is 1. The molecule has 1 aliphatic heterocycles. The van der Waals surface area contributed by atoms with Gasteiger partial charge in [0.15, 0.2) is 5.82 Å². The van der Waals surface area contributed by atoms with E-state index in [4.69, 9.17) is 14.8 Å². The van der Waals surface area contributed by atoms with Crippen LogP contribution in [0.25, 0.3) is 22.4 Å². The maximum atomic E-state index is 11.2. The van der Waals surface area contributed by atoms with Crippen molar-refractivity contribution in [2.24, 2.45) is 5.92 Å². The van der Waals surface area contributed by atoms with E-state index < -0.39 is 14.0 Å². The Hall–Kier alpha value is -4.08. The summed E-state index contributed by atoms with van der Waals surface area (Å²) >= 11 is 0. The Balaban J connectivity index is 1.36. The Bertz CT molecular complexity index is 1480. The van der Waals surface area contributed by atoms with Crippen molar-refractivity contribution < 1.29 is 14.6 Å². The predicted molar refractivity (Wildman–Crippen MR) is 144 cm³/mol. The SMILES string of the molecule is C[Si](C)(C)CCOCn1ccc2cnc(-c3cnn(C4C(CC#N)CN4c4ccc(C(=O)O)nc4)c3)nc21. The number of aromatic carboxylic acids is 1. The number of carbonyl (C=O) groups is 1. The number of ether oxygens (including phenoxy) is 1. The molecule has 1 fully saturated rings. The molecule has 0 aliphatic carbocycles. The molecule has 0 amide bonds. The second-order valence-corrected chi connectivity index (χ2v) is 16.3. The fourth-order valence-electron chi connectivity index (χ4n) is 4.51. The summed E-state index contributed by atoms with van der Waals surface area (Å²) in [6.07, 6.45) is 9.10. The normalized spacial score (nSPS) is 17.4. The first-order valence-electron chi connectivity index (χ1n) is 12.5. The van der Waals surface area contributed by atoms with Crippen molar-refractivity contribution >= 4 is 30.8 Å². The maximum absolute atomic E-state index is 11.2. The third kappa shape index (κ3) is 5.29. The second kappa shape index (κ2) is 10.4. The Morgan fingerprint density at radius 1 is 1.21 bits per heavy atom. The van der Waals surface area contributed by atoms with Crippen molar-refractivity contribution in [3.63, 3.8) is 0 Å². The van der Waals surface area contributed by atoms with Gasteiger partial charge in [-0.3, -0.25) is 0 Å². The molecule has 38 heavy (non-hydrogen) atoms. The molecular formula is C26H30N8O3Si. The van der Waals surface area contributed by atoms with Crippen LogP contribution in [-0.4, -0.2) is 61.6 Å². The van der Waals surface area contributed by atoms with Crippen molar-refractivity contribution in [1.29, 1.82) is 5.26 Å². The highest BCUT2D eigenvalue weighted by Crippen LogP contribution is 2.40. The number of fused-ring (bicyclic) bond motifs is 1. The van der Waals surface area contributed by atoms with Crippen LogP contribution in [0.1, 0.15) is 23.1 Å². The van der Waals surface area contributed by atoms with Crippen molar-refractivity contribution in [1.82, 2.24) is 29.3 Å². The van der Waals surface area contributed by atoms with Crippen LogP contribution in [0.5, 0.6) is 0 Å². The van der Waals surface area contributed by atoms with Gasteiger partial charge < -0.3 is 19.3 Å². The summed E-state index contributed by atoms with van der Waals surface area (Å²) in [5, 5.41) is 24.0. The van der Waals surface area contributed by atoms with E-state index in [2.05, 4.69) is 45.7 Å². The highest BCUT2D eigenvalue weighted by Gasteiger charge is 2.41. The van der Waals surface area contributed by atoms with Crippen LogP contribution in [0.4, 0.5) is 5.69 Å². The van der Waals surface area contributed by atoms with Gasteiger partial charge in [0.1, 0.15) is 24.2 Å². The highest BCUT2D eigenvalue weighted by molar-refractivity contribution is 6.76. The van der Waals surface area contributed by atoms with Gasteiger partial charge in [-0.05, 0) is 24.2 Å². The molecule has 0 saturated carbocycles. The second-order valence-electron chi connectivity index (χ2n) is 10.7.